The van der Waals surface area contributed by atoms with Crippen LogP contribution in [-0.4, -0.2) is 80.8 Å². The van der Waals surface area contributed by atoms with Crippen molar-refractivity contribution in [3.05, 3.63) is 54.4 Å². The van der Waals surface area contributed by atoms with Crippen molar-refractivity contribution < 1.29 is 24.2 Å². The molecule has 1 aromatic heterocycles. The zero-order valence-electron chi connectivity index (χ0n) is 21.6. The maximum atomic E-state index is 13.0. The lowest BCUT2D eigenvalue weighted by atomic mass is 10.0. The number of carbonyl (C=O) groups is 2. The van der Waals surface area contributed by atoms with Crippen LogP contribution in [0, 0.1) is 5.92 Å². The molecule has 0 saturated carbocycles. The van der Waals surface area contributed by atoms with Gasteiger partial charge in [-0.25, -0.2) is 9.48 Å². The zero-order valence-corrected chi connectivity index (χ0v) is 21.6. The molecular weight excluding hydrogens is 474 g/mol. The third-order valence-corrected chi connectivity index (χ3v) is 6.83. The second-order valence-corrected chi connectivity index (χ2v) is 9.71. The molecule has 1 N–H and O–H groups in total. The van der Waals surface area contributed by atoms with Crippen molar-refractivity contribution in [3.8, 4) is 5.75 Å². The topological polar surface area (TPSA) is 110 Å². The number of aryl methyl sites for hydroxylation is 1. The first kappa shape index (κ1) is 26.6. The highest BCUT2D eigenvalue weighted by molar-refractivity contribution is 5.84. The second-order valence-electron chi connectivity index (χ2n) is 9.71. The molecule has 1 aliphatic rings. The van der Waals surface area contributed by atoms with Gasteiger partial charge in [0.2, 0.25) is 5.91 Å². The number of benzene rings is 2. The van der Waals surface area contributed by atoms with Gasteiger partial charge in [-0.3, -0.25) is 4.79 Å². The summed E-state index contributed by atoms with van der Waals surface area (Å²) in [6.07, 6.45) is 1.72. The Morgan fingerprint density at radius 3 is 2.84 bits per heavy atom. The van der Waals surface area contributed by atoms with E-state index in [1.165, 1.54) is 4.90 Å². The van der Waals surface area contributed by atoms with E-state index < -0.39 is 12.2 Å². The Morgan fingerprint density at radius 2 is 2.05 bits per heavy atom. The van der Waals surface area contributed by atoms with E-state index in [4.69, 9.17) is 9.47 Å². The Labute approximate surface area is 216 Å². The van der Waals surface area contributed by atoms with Gasteiger partial charge in [-0.15, -0.1) is 5.10 Å². The maximum Gasteiger partial charge on any atom is 0.415 e. The van der Waals surface area contributed by atoms with Gasteiger partial charge in [-0.2, -0.15) is 0 Å². The summed E-state index contributed by atoms with van der Waals surface area (Å²) in [5.74, 6) is 0.308. The molecule has 0 radical (unpaired) electrons. The van der Waals surface area contributed by atoms with Gasteiger partial charge >= 0.3 is 6.09 Å². The first-order valence-corrected chi connectivity index (χ1v) is 12.7. The average Bonchev–Trinajstić information content (AvgIpc) is 3.35. The lowest BCUT2D eigenvalue weighted by Crippen LogP contribution is -2.48. The number of rotatable bonds is 5. The summed E-state index contributed by atoms with van der Waals surface area (Å²) in [7, 11) is 1.67. The van der Waals surface area contributed by atoms with Crippen LogP contribution in [0.3, 0.4) is 0 Å². The number of nitrogens with zero attached hydrogens (tertiary/aromatic N) is 5. The standard InChI is InChI=1S/C27H35N5O5/c1-19-15-31(20(2)17-33)26(34)9-6-12-32-23(14-28-29-32)18-36-25(19)16-30(3)27(35)37-24-11-10-21-7-4-5-8-22(21)13-24/h4-5,7-8,10-11,13-14,19-20,25,33H,6,9,12,15-18H2,1-3H3/t19-,20+,25+/m0/s1. The Bertz CT molecular complexity index is 1210. The van der Waals surface area contributed by atoms with E-state index in [9.17, 15) is 14.7 Å². The molecule has 0 fully saturated rings. The van der Waals surface area contributed by atoms with E-state index in [1.807, 2.05) is 50.2 Å². The number of hydrogen-bond donors (Lipinski definition) is 1. The molecule has 3 atom stereocenters. The predicted octanol–water partition coefficient (Wildman–Crippen LogP) is 3.09. The maximum absolute atomic E-state index is 13.0. The van der Waals surface area contributed by atoms with Crippen molar-refractivity contribution in [1.82, 2.24) is 24.8 Å². The number of ether oxygens (including phenoxy) is 2. The number of fused-ring (bicyclic) bond motifs is 2. The molecule has 2 amide bonds. The highest BCUT2D eigenvalue weighted by atomic mass is 16.6. The number of hydrogen-bond acceptors (Lipinski definition) is 7. The SMILES string of the molecule is C[C@H](CO)N1C[C@H](C)[C@@H](CN(C)C(=O)Oc2ccc3ccccc3c2)OCc2cnnn2CCCC1=O. The highest BCUT2D eigenvalue weighted by Gasteiger charge is 2.29. The van der Waals surface area contributed by atoms with Crippen LogP contribution in [0.15, 0.2) is 48.7 Å². The molecular formula is C27H35N5O5. The van der Waals surface area contributed by atoms with E-state index in [-0.39, 0.29) is 37.6 Å². The van der Waals surface area contributed by atoms with Crippen LogP contribution < -0.4 is 4.74 Å². The van der Waals surface area contributed by atoms with Gasteiger partial charge in [0.15, 0.2) is 0 Å². The Balaban J connectivity index is 1.49. The van der Waals surface area contributed by atoms with Gasteiger partial charge in [-0.1, -0.05) is 42.5 Å². The van der Waals surface area contributed by atoms with E-state index in [0.29, 0.717) is 31.7 Å². The fourth-order valence-corrected chi connectivity index (χ4v) is 4.50. The lowest BCUT2D eigenvalue weighted by molar-refractivity contribution is -0.136. The molecule has 0 aliphatic carbocycles. The predicted molar refractivity (Wildman–Crippen MR) is 138 cm³/mol. The molecule has 1 aliphatic heterocycles. The van der Waals surface area contributed by atoms with Crippen LogP contribution >= 0.6 is 0 Å². The third-order valence-electron chi connectivity index (χ3n) is 6.83. The second kappa shape index (κ2) is 12.2. The van der Waals surface area contributed by atoms with Crippen molar-refractivity contribution in [1.29, 1.82) is 0 Å². The third kappa shape index (κ3) is 6.64. The van der Waals surface area contributed by atoms with Crippen molar-refractivity contribution in [2.24, 2.45) is 5.92 Å². The normalized spacial score (nSPS) is 20.0. The monoisotopic (exact) mass is 509 g/mol. The fraction of sp³-hybridized carbons (Fsp3) is 0.481. The van der Waals surface area contributed by atoms with E-state index in [1.54, 1.807) is 28.9 Å². The number of amides is 2. The van der Waals surface area contributed by atoms with E-state index in [0.717, 1.165) is 16.5 Å². The number of aliphatic hydroxyl groups is 1. The molecule has 10 heteroatoms. The smallest absolute Gasteiger partial charge is 0.410 e. The Hall–Kier alpha value is -3.50. The summed E-state index contributed by atoms with van der Waals surface area (Å²) >= 11 is 0. The minimum atomic E-state index is -0.499. The van der Waals surface area contributed by atoms with Crippen LogP contribution in [0.5, 0.6) is 5.75 Å². The molecule has 0 saturated heterocycles. The van der Waals surface area contributed by atoms with Crippen LogP contribution in [0.2, 0.25) is 0 Å². The molecule has 0 bridgehead atoms. The molecule has 0 unspecified atom stereocenters. The summed E-state index contributed by atoms with van der Waals surface area (Å²) in [6.45, 7) is 5.16. The van der Waals surface area contributed by atoms with Crippen molar-refractivity contribution >= 4 is 22.8 Å². The van der Waals surface area contributed by atoms with Gasteiger partial charge in [0.05, 0.1) is 43.8 Å². The number of aliphatic hydroxyl groups excluding tert-OH is 1. The van der Waals surface area contributed by atoms with Crippen LogP contribution in [-0.2, 0) is 22.7 Å². The molecule has 0 spiro atoms. The molecule has 10 nitrogen and oxygen atoms in total. The fourth-order valence-electron chi connectivity index (χ4n) is 4.50. The van der Waals surface area contributed by atoms with E-state index in [2.05, 4.69) is 10.3 Å². The molecule has 2 aromatic carbocycles. The van der Waals surface area contributed by atoms with Gasteiger partial charge in [-0.05, 0) is 36.2 Å². The van der Waals surface area contributed by atoms with Crippen molar-refractivity contribution in [2.75, 3.05) is 26.7 Å². The number of aromatic nitrogens is 3. The van der Waals surface area contributed by atoms with Crippen LogP contribution in [0.25, 0.3) is 10.8 Å². The van der Waals surface area contributed by atoms with Crippen LogP contribution in [0.4, 0.5) is 4.79 Å². The Kier molecular flexibility index (Phi) is 8.73. The molecule has 198 valence electrons. The molecule has 37 heavy (non-hydrogen) atoms. The summed E-state index contributed by atoms with van der Waals surface area (Å²) in [5.41, 5.74) is 0.812. The summed E-state index contributed by atoms with van der Waals surface area (Å²) in [6, 6.07) is 13.1. The summed E-state index contributed by atoms with van der Waals surface area (Å²) in [5, 5.41) is 19.9. The molecule has 2 heterocycles. The van der Waals surface area contributed by atoms with Crippen molar-refractivity contribution in [2.45, 2.75) is 52.0 Å². The first-order chi connectivity index (χ1) is 17.9. The Morgan fingerprint density at radius 1 is 1.27 bits per heavy atom. The van der Waals surface area contributed by atoms with Crippen LogP contribution in [0.1, 0.15) is 32.4 Å². The average molecular weight is 510 g/mol. The van der Waals surface area contributed by atoms with Gasteiger partial charge in [0.25, 0.3) is 0 Å². The number of likely N-dealkylation sites (N-methyl/N-ethyl adjacent to an activating group) is 1. The van der Waals surface area contributed by atoms with Gasteiger partial charge in [0, 0.05) is 32.5 Å². The largest absolute Gasteiger partial charge is 0.415 e. The van der Waals surface area contributed by atoms with Gasteiger partial charge < -0.3 is 24.4 Å². The quantitative estimate of drug-likeness (QED) is 0.563. The van der Waals surface area contributed by atoms with E-state index >= 15 is 0 Å². The lowest BCUT2D eigenvalue weighted by Gasteiger charge is -2.35. The van der Waals surface area contributed by atoms with Gasteiger partial charge in [0.1, 0.15) is 5.75 Å². The minimum Gasteiger partial charge on any atom is -0.410 e. The van der Waals surface area contributed by atoms with Crippen molar-refractivity contribution in [3.63, 3.8) is 0 Å². The minimum absolute atomic E-state index is 0.0292. The molecule has 4 rings (SSSR count). The number of carbonyl (C=O) groups excluding carboxylic acids is 2. The zero-order chi connectivity index (χ0) is 26.4. The summed E-state index contributed by atoms with van der Waals surface area (Å²) in [4.78, 5) is 29.2. The highest BCUT2D eigenvalue weighted by Crippen LogP contribution is 2.22. The first-order valence-electron chi connectivity index (χ1n) is 12.7. The summed E-state index contributed by atoms with van der Waals surface area (Å²) < 4.78 is 13.7. The molecule has 3 aromatic rings.